The van der Waals surface area contributed by atoms with E-state index in [1.807, 2.05) is 23.0 Å². The monoisotopic (exact) mass is 421 g/mol. The van der Waals surface area contributed by atoms with Crippen molar-refractivity contribution in [3.63, 3.8) is 0 Å². The maximum atomic E-state index is 12.4. The molecule has 1 fully saturated rings. The van der Waals surface area contributed by atoms with Crippen LogP contribution in [0.15, 0.2) is 17.1 Å². The summed E-state index contributed by atoms with van der Waals surface area (Å²) in [4.78, 5) is 41.7. The first-order valence-electron chi connectivity index (χ1n) is 8.89. The topological polar surface area (TPSA) is 90.2 Å². The molecule has 2 aromatic rings. The number of rotatable bonds is 5. The molecule has 10 heteroatoms. The van der Waals surface area contributed by atoms with Gasteiger partial charge < -0.3 is 14.0 Å². The molecular formula is C18H19N3O5S2. The van der Waals surface area contributed by atoms with Crippen LogP contribution >= 0.6 is 23.1 Å². The van der Waals surface area contributed by atoms with Crippen molar-refractivity contribution in [1.29, 1.82) is 0 Å². The number of aromatic nitrogens is 1. The molecule has 148 valence electrons. The summed E-state index contributed by atoms with van der Waals surface area (Å²) in [7, 11) is 0. The van der Waals surface area contributed by atoms with E-state index >= 15 is 0 Å². The van der Waals surface area contributed by atoms with Crippen LogP contribution in [0.4, 0.5) is 0 Å². The van der Waals surface area contributed by atoms with Crippen LogP contribution in [0.5, 0.6) is 11.5 Å². The van der Waals surface area contributed by atoms with Crippen LogP contribution in [-0.4, -0.2) is 59.0 Å². The van der Waals surface area contributed by atoms with Gasteiger partial charge in [0.15, 0.2) is 16.3 Å². The molecule has 0 atom stereocenters. The van der Waals surface area contributed by atoms with Gasteiger partial charge in [-0.1, -0.05) is 11.3 Å². The van der Waals surface area contributed by atoms with E-state index in [4.69, 9.17) is 9.47 Å². The number of nitrogens with zero attached hydrogens (tertiary/aromatic N) is 3. The van der Waals surface area contributed by atoms with Crippen molar-refractivity contribution in [3.05, 3.63) is 16.9 Å². The Bertz CT molecular complexity index is 1010. The minimum Gasteiger partial charge on any atom is -0.486 e. The van der Waals surface area contributed by atoms with Gasteiger partial charge in [0.1, 0.15) is 19.8 Å². The number of thiazole rings is 1. The number of benzene rings is 1. The fraction of sp³-hybridized carbons (Fsp3) is 0.444. The van der Waals surface area contributed by atoms with Gasteiger partial charge in [-0.05, 0) is 6.26 Å². The van der Waals surface area contributed by atoms with E-state index in [-0.39, 0.29) is 31.2 Å². The lowest BCUT2D eigenvalue weighted by Gasteiger charge is -2.18. The molecule has 0 saturated carbocycles. The van der Waals surface area contributed by atoms with Crippen molar-refractivity contribution in [1.82, 2.24) is 9.47 Å². The molecular weight excluding hydrogens is 402 g/mol. The number of ether oxygens (including phenoxy) is 2. The highest BCUT2D eigenvalue weighted by atomic mass is 32.2. The number of hydrogen-bond donors (Lipinski definition) is 0. The number of fused-ring (bicyclic) bond motifs is 2. The van der Waals surface area contributed by atoms with Gasteiger partial charge in [-0.3, -0.25) is 19.3 Å². The average Bonchev–Trinajstić information content (AvgIpc) is 3.18. The molecule has 28 heavy (non-hydrogen) atoms. The molecule has 4 rings (SSSR count). The van der Waals surface area contributed by atoms with Gasteiger partial charge in [-0.25, -0.2) is 0 Å². The molecule has 0 spiro atoms. The lowest BCUT2D eigenvalue weighted by Crippen LogP contribution is -2.34. The molecule has 0 unspecified atom stereocenters. The number of likely N-dealkylation sites (tertiary alicyclic amines) is 1. The molecule has 3 amide bonds. The maximum absolute atomic E-state index is 12.4. The van der Waals surface area contributed by atoms with E-state index in [0.29, 0.717) is 36.1 Å². The molecule has 1 saturated heterocycles. The number of hydrogen-bond acceptors (Lipinski definition) is 7. The van der Waals surface area contributed by atoms with E-state index in [0.717, 1.165) is 20.9 Å². The van der Waals surface area contributed by atoms with Crippen molar-refractivity contribution >= 4 is 51.0 Å². The average molecular weight is 422 g/mol. The number of carbonyl (C=O) groups is 3. The van der Waals surface area contributed by atoms with Crippen LogP contribution in [0.25, 0.3) is 10.2 Å². The highest BCUT2D eigenvalue weighted by molar-refractivity contribution is 7.98. The lowest BCUT2D eigenvalue weighted by atomic mass is 10.2. The second-order valence-corrected chi connectivity index (χ2v) is 8.37. The van der Waals surface area contributed by atoms with Gasteiger partial charge in [0.05, 0.1) is 10.2 Å². The Morgan fingerprint density at radius 3 is 2.54 bits per heavy atom. The van der Waals surface area contributed by atoms with Gasteiger partial charge in [0, 0.05) is 37.3 Å². The summed E-state index contributed by atoms with van der Waals surface area (Å²) >= 11 is 3.07. The predicted molar refractivity (Wildman–Crippen MR) is 106 cm³/mol. The first-order chi connectivity index (χ1) is 13.6. The molecule has 3 heterocycles. The summed E-state index contributed by atoms with van der Waals surface area (Å²) in [5.41, 5.74) is 0.920. The van der Waals surface area contributed by atoms with Crippen LogP contribution in [0.2, 0.25) is 0 Å². The summed E-state index contributed by atoms with van der Waals surface area (Å²) in [6.45, 7) is 1.37. The molecule has 0 N–H and O–H groups in total. The number of thioether (sulfide) groups is 1. The molecule has 1 aromatic carbocycles. The molecule has 8 nitrogen and oxygen atoms in total. The Kier molecular flexibility index (Phi) is 5.40. The third-order valence-electron chi connectivity index (χ3n) is 4.53. The van der Waals surface area contributed by atoms with E-state index < -0.39 is 5.91 Å². The zero-order chi connectivity index (χ0) is 19.7. The zero-order valence-electron chi connectivity index (χ0n) is 15.3. The van der Waals surface area contributed by atoms with Crippen molar-refractivity contribution in [2.75, 3.05) is 31.8 Å². The molecule has 2 aliphatic rings. The van der Waals surface area contributed by atoms with Crippen LogP contribution in [0.3, 0.4) is 0 Å². The lowest BCUT2D eigenvalue weighted by molar-refractivity contribution is -0.141. The first-order valence-corrected chi connectivity index (χ1v) is 11.1. The van der Waals surface area contributed by atoms with E-state index in [2.05, 4.69) is 4.99 Å². The van der Waals surface area contributed by atoms with Crippen LogP contribution in [-0.2, 0) is 20.9 Å². The summed E-state index contributed by atoms with van der Waals surface area (Å²) in [6, 6.07) is 3.82. The summed E-state index contributed by atoms with van der Waals surface area (Å²) in [5.74, 6) is 1.07. The fourth-order valence-corrected chi connectivity index (χ4v) is 4.62. The maximum Gasteiger partial charge on any atom is 0.268 e. The van der Waals surface area contributed by atoms with E-state index in [9.17, 15) is 14.4 Å². The Morgan fingerprint density at radius 2 is 1.86 bits per heavy atom. The smallest absolute Gasteiger partial charge is 0.268 e. The van der Waals surface area contributed by atoms with Gasteiger partial charge in [0.25, 0.3) is 5.91 Å². The first kappa shape index (κ1) is 19.0. The van der Waals surface area contributed by atoms with Crippen molar-refractivity contribution in [2.24, 2.45) is 4.99 Å². The summed E-state index contributed by atoms with van der Waals surface area (Å²) in [6.07, 6.45) is 2.34. The Labute approximate surface area is 169 Å². The zero-order valence-corrected chi connectivity index (χ0v) is 16.9. The highest BCUT2D eigenvalue weighted by Gasteiger charge is 2.30. The SMILES string of the molecule is CSCCn1c(=NC(=O)CN2C(=O)CCC2=O)sc2cc3c(cc21)OCCO3. The highest BCUT2D eigenvalue weighted by Crippen LogP contribution is 2.35. The summed E-state index contributed by atoms with van der Waals surface area (Å²) < 4.78 is 14.2. The van der Waals surface area contributed by atoms with Crippen molar-refractivity contribution in [3.8, 4) is 11.5 Å². The van der Waals surface area contributed by atoms with Crippen molar-refractivity contribution in [2.45, 2.75) is 19.4 Å². The normalized spacial score (nSPS) is 17.0. The number of imide groups is 1. The van der Waals surface area contributed by atoms with E-state index in [1.165, 1.54) is 11.3 Å². The van der Waals surface area contributed by atoms with E-state index in [1.54, 1.807) is 11.8 Å². The molecule has 1 aromatic heterocycles. The van der Waals surface area contributed by atoms with Crippen LogP contribution in [0, 0.1) is 0 Å². The molecule has 0 radical (unpaired) electrons. The minimum atomic E-state index is -0.509. The number of aryl methyl sites for hydroxylation is 1. The Hall–Kier alpha value is -2.33. The van der Waals surface area contributed by atoms with Gasteiger partial charge >= 0.3 is 0 Å². The quantitative estimate of drug-likeness (QED) is 0.678. The molecule has 0 bridgehead atoms. The molecule has 2 aliphatic heterocycles. The minimum absolute atomic E-state index is 0.161. The fourth-order valence-electron chi connectivity index (χ4n) is 3.17. The van der Waals surface area contributed by atoms with Crippen LogP contribution in [0.1, 0.15) is 12.8 Å². The molecule has 0 aliphatic carbocycles. The second kappa shape index (κ2) is 7.96. The Morgan fingerprint density at radius 1 is 1.18 bits per heavy atom. The van der Waals surface area contributed by atoms with Crippen LogP contribution < -0.4 is 14.3 Å². The third kappa shape index (κ3) is 3.66. The van der Waals surface area contributed by atoms with Gasteiger partial charge in [-0.15, -0.1) is 0 Å². The van der Waals surface area contributed by atoms with Gasteiger partial charge in [-0.2, -0.15) is 16.8 Å². The third-order valence-corrected chi connectivity index (χ3v) is 6.17. The predicted octanol–water partition coefficient (Wildman–Crippen LogP) is 1.41. The standard InChI is InChI=1S/C18H19N3O5S2/c1-27-7-4-20-11-8-12-13(26-6-5-25-12)9-14(11)28-18(20)19-15(22)10-21-16(23)2-3-17(21)24/h8-9H,2-7,10H2,1H3. The van der Waals surface area contributed by atoms with Crippen molar-refractivity contribution < 1.29 is 23.9 Å². The number of carbonyl (C=O) groups excluding carboxylic acids is 3. The Balaban J connectivity index is 1.72. The van der Waals surface area contributed by atoms with Gasteiger partial charge in [0.2, 0.25) is 11.8 Å². The summed E-state index contributed by atoms with van der Waals surface area (Å²) in [5, 5.41) is 0. The number of amides is 3. The second-order valence-electron chi connectivity index (χ2n) is 6.37. The largest absolute Gasteiger partial charge is 0.486 e.